The number of hydrogen-bond acceptors (Lipinski definition) is 2. The van der Waals surface area contributed by atoms with Gasteiger partial charge in [0.15, 0.2) is 0 Å². The monoisotopic (exact) mass is 858 g/mol. The number of benzene rings is 10. The van der Waals surface area contributed by atoms with E-state index < -0.39 is 5.41 Å². The van der Waals surface area contributed by atoms with Gasteiger partial charge >= 0.3 is 0 Å². The molecule has 0 fully saturated rings. The number of aromatic hydroxyl groups is 1. The summed E-state index contributed by atoms with van der Waals surface area (Å²) in [5, 5.41) is 13.2. The number of fused-ring (bicyclic) bond motifs is 6. The standard InChI is InChI=1S/C61H38B4N2O/c62-56-55(57(63)60(68)59(65)58(56)64)39-26-31-45(32-27-39)66(44-29-24-38(25-30-44)40-28-35-54-50(36-40)49-21-11-13-23-53(49)67(54)43-18-8-3-9-19-43)46-33-34-48-47-20-10-12-22-51(47)61(52(48)37-46,41-14-4-1-5-15-41)42-16-6-2-7-17-42/h1-37,68H. The first kappa shape index (κ1) is 41.3. The molecule has 0 aliphatic heterocycles. The summed E-state index contributed by atoms with van der Waals surface area (Å²) < 4.78 is 2.34. The Morgan fingerprint density at radius 1 is 0.382 bits per heavy atom. The van der Waals surface area contributed by atoms with Gasteiger partial charge < -0.3 is 14.6 Å². The van der Waals surface area contributed by atoms with Gasteiger partial charge in [0, 0.05) is 33.5 Å². The molecular weight excluding hydrogens is 820 g/mol. The fourth-order valence-electron chi connectivity index (χ4n) is 10.7. The molecule has 0 saturated carbocycles. The Labute approximate surface area is 401 Å². The molecule has 68 heavy (non-hydrogen) atoms. The van der Waals surface area contributed by atoms with E-state index in [1.165, 1.54) is 49.7 Å². The van der Waals surface area contributed by atoms with Crippen molar-refractivity contribution in [3.63, 3.8) is 0 Å². The van der Waals surface area contributed by atoms with E-state index in [0.717, 1.165) is 39.4 Å². The first-order valence-corrected chi connectivity index (χ1v) is 22.7. The molecular formula is C61H38B4N2O. The average molecular weight is 858 g/mol. The molecule has 0 amide bonds. The Kier molecular flexibility index (Phi) is 9.92. The van der Waals surface area contributed by atoms with Crippen LogP contribution in [0.4, 0.5) is 17.1 Å². The van der Waals surface area contributed by atoms with Gasteiger partial charge in [-0.25, -0.2) is 0 Å². The van der Waals surface area contributed by atoms with E-state index in [1.54, 1.807) is 0 Å². The van der Waals surface area contributed by atoms with Crippen LogP contribution < -0.4 is 26.8 Å². The lowest BCUT2D eigenvalue weighted by molar-refractivity contribution is 0.484. The molecule has 3 nitrogen and oxygen atoms in total. The number of rotatable bonds is 8. The Morgan fingerprint density at radius 2 is 0.912 bits per heavy atom. The van der Waals surface area contributed by atoms with Crippen molar-refractivity contribution in [2.24, 2.45) is 0 Å². The molecule has 310 valence electrons. The van der Waals surface area contributed by atoms with Crippen LogP contribution >= 0.6 is 0 Å². The zero-order valence-electron chi connectivity index (χ0n) is 37.0. The summed E-state index contributed by atoms with van der Waals surface area (Å²) in [6.45, 7) is 0. The third-order valence-corrected chi connectivity index (χ3v) is 13.9. The molecule has 7 heteroatoms. The van der Waals surface area contributed by atoms with Crippen molar-refractivity contribution in [3.8, 4) is 44.8 Å². The third-order valence-electron chi connectivity index (χ3n) is 13.9. The maximum absolute atomic E-state index is 10.8. The summed E-state index contributed by atoms with van der Waals surface area (Å²) in [6, 6.07) is 80.1. The summed E-state index contributed by atoms with van der Waals surface area (Å²) in [5.74, 6) is -0.280. The number of hydrogen-bond donors (Lipinski definition) is 1. The number of phenolic OH excluding ortho intramolecular Hbond substituents is 1. The van der Waals surface area contributed by atoms with E-state index in [4.69, 9.17) is 31.4 Å². The minimum absolute atomic E-state index is 0.0327. The second-order valence-electron chi connectivity index (χ2n) is 17.5. The smallest absolute Gasteiger partial charge is 0.119 e. The number of anilines is 3. The molecule has 0 atom stereocenters. The van der Waals surface area contributed by atoms with Crippen LogP contribution in [-0.4, -0.2) is 41.1 Å². The van der Waals surface area contributed by atoms with Gasteiger partial charge in [0.2, 0.25) is 0 Å². The van der Waals surface area contributed by atoms with Crippen LogP contribution in [0.15, 0.2) is 224 Å². The average Bonchev–Trinajstić information content (AvgIpc) is 3.89. The molecule has 8 radical (unpaired) electrons. The summed E-state index contributed by atoms with van der Waals surface area (Å²) in [5.41, 5.74) is 16.7. The van der Waals surface area contributed by atoms with Crippen molar-refractivity contribution in [1.29, 1.82) is 0 Å². The first-order chi connectivity index (χ1) is 33.3. The highest BCUT2D eigenvalue weighted by molar-refractivity contribution is 6.62. The lowest BCUT2D eigenvalue weighted by atomic mass is 9.65. The van der Waals surface area contributed by atoms with Gasteiger partial charge in [0.1, 0.15) is 37.1 Å². The van der Waals surface area contributed by atoms with Crippen LogP contribution in [0.5, 0.6) is 5.75 Å². The topological polar surface area (TPSA) is 28.4 Å². The van der Waals surface area contributed by atoms with Crippen LogP contribution in [0.1, 0.15) is 22.3 Å². The maximum Gasteiger partial charge on any atom is 0.119 e. The highest BCUT2D eigenvalue weighted by Crippen LogP contribution is 2.57. The second kappa shape index (κ2) is 16.3. The molecule has 1 N–H and O–H groups in total. The van der Waals surface area contributed by atoms with Gasteiger partial charge in [0.25, 0.3) is 0 Å². The lowest BCUT2D eigenvalue weighted by Crippen LogP contribution is -2.44. The molecule has 1 heterocycles. The van der Waals surface area contributed by atoms with Crippen LogP contribution in [0.2, 0.25) is 0 Å². The molecule has 1 aliphatic rings. The zero-order valence-corrected chi connectivity index (χ0v) is 37.0. The van der Waals surface area contributed by atoms with Crippen molar-refractivity contribution in [2.75, 3.05) is 4.90 Å². The Hall–Kier alpha value is -8.14. The van der Waals surface area contributed by atoms with Gasteiger partial charge in [0.05, 0.1) is 16.4 Å². The Bertz CT molecular complexity index is 3650. The van der Waals surface area contributed by atoms with Crippen molar-refractivity contribution in [2.45, 2.75) is 5.41 Å². The largest absolute Gasteiger partial charge is 0.509 e. The lowest BCUT2D eigenvalue weighted by Gasteiger charge is -2.35. The number of nitrogens with zero attached hydrogens (tertiary/aromatic N) is 2. The van der Waals surface area contributed by atoms with Crippen molar-refractivity contribution in [1.82, 2.24) is 4.57 Å². The zero-order chi connectivity index (χ0) is 46.1. The molecule has 0 unspecified atom stereocenters. The number of para-hydroxylation sites is 2. The number of phenols is 1. The molecule has 0 bridgehead atoms. The molecule has 0 saturated heterocycles. The van der Waals surface area contributed by atoms with E-state index >= 15 is 0 Å². The van der Waals surface area contributed by atoms with Crippen LogP contribution in [0.25, 0.3) is 60.9 Å². The van der Waals surface area contributed by atoms with Crippen molar-refractivity contribution in [3.05, 3.63) is 247 Å². The highest BCUT2D eigenvalue weighted by Gasteiger charge is 2.46. The van der Waals surface area contributed by atoms with Gasteiger partial charge in [-0.3, -0.25) is 0 Å². The van der Waals surface area contributed by atoms with Crippen molar-refractivity contribution < 1.29 is 5.11 Å². The molecule has 10 aromatic carbocycles. The summed E-state index contributed by atoms with van der Waals surface area (Å²) >= 11 is 0. The van der Waals surface area contributed by atoms with E-state index in [1.807, 2.05) is 24.3 Å². The predicted molar refractivity (Wildman–Crippen MR) is 287 cm³/mol. The molecule has 1 aromatic heterocycles. The van der Waals surface area contributed by atoms with E-state index in [2.05, 4.69) is 210 Å². The Morgan fingerprint density at radius 3 is 1.59 bits per heavy atom. The highest BCUT2D eigenvalue weighted by atomic mass is 16.3. The first-order valence-electron chi connectivity index (χ1n) is 22.7. The third kappa shape index (κ3) is 6.33. The quantitative estimate of drug-likeness (QED) is 0.154. The maximum atomic E-state index is 10.8. The fourth-order valence-corrected chi connectivity index (χ4v) is 10.7. The van der Waals surface area contributed by atoms with Gasteiger partial charge in [-0.15, -0.1) is 5.46 Å². The Balaban J connectivity index is 1.03. The molecule has 12 rings (SSSR count). The van der Waals surface area contributed by atoms with E-state index in [0.29, 0.717) is 11.1 Å². The van der Waals surface area contributed by atoms with Gasteiger partial charge in [-0.1, -0.05) is 169 Å². The molecule has 0 spiro atoms. The van der Waals surface area contributed by atoms with Crippen LogP contribution in [0, 0.1) is 0 Å². The predicted octanol–water partition coefficient (Wildman–Crippen LogP) is 10.8. The minimum atomic E-state index is -0.585. The molecule has 1 aliphatic carbocycles. The SMILES string of the molecule is [B]c1c([B])c(O)c([B])c(-c2ccc(N(c3ccc(-c4ccc5c(c4)c4ccccc4n5-c4ccccc4)cc3)c3ccc4c(c3)C(c3ccccc3)(c3ccccc3)c3ccccc3-4)cc2)c1[B]. The van der Waals surface area contributed by atoms with Crippen molar-refractivity contribution >= 4 is 92.1 Å². The van der Waals surface area contributed by atoms with Gasteiger partial charge in [-0.2, -0.15) is 0 Å². The van der Waals surface area contributed by atoms with E-state index in [9.17, 15) is 5.11 Å². The fraction of sp³-hybridized carbons (Fsp3) is 0.0164. The second-order valence-corrected chi connectivity index (χ2v) is 17.5. The number of aromatic nitrogens is 1. The van der Waals surface area contributed by atoms with Gasteiger partial charge in [-0.05, 0) is 128 Å². The normalized spacial score (nSPS) is 12.5. The summed E-state index contributed by atoms with van der Waals surface area (Å²) in [6.07, 6.45) is 0. The summed E-state index contributed by atoms with van der Waals surface area (Å²) in [4.78, 5) is 2.29. The summed E-state index contributed by atoms with van der Waals surface area (Å²) in [7, 11) is 25.3. The van der Waals surface area contributed by atoms with E-state index in [-0.39, 0.29) is 27.6 Å². The molecule has 11 aromatic rings. The minimum Gasteiger partial charge on any atom is -0.509 e. The van der Waals surface area contributed by atoms with Crippen LogP contribution in [0.3, 0.4) is 0 Å². The van der Waals surface area contributed by atoms with Crippen LogP contribution in [-0.2, 0) is 5.41 Å².